The lowest BCUT2D eigenvalue weighted by molar-refractivity contribution is -0.135. The molecule has 2 nitrogen and oxygen atoms in total. The summed E-state index contributed by atoms with van der Waals surface area (Å²) in [5.74, 6) is 0.227. The molecule has 0 N–H and O–H groups in total. The molecule has 2 rings (SSSR count). The highest BCUT2D eigenvalue weighted by Crippen LogP contribution is 2.28. The summed E-state index contributed by atoms with van der Waals surface area (Å²) >= 11 is 3.58. The quantitative estimate of drug-likeness (QED) is 0.768. The van der Waals surface area contributed by atoms with Crippen LogP contribution in [0.2, 0.25) is 0 Å². The van der Waals surface area contributed by atoms with Crippen molar-refractivity contribution in [1.29, 1.82) is 0 Å². The molecule has 1 atom stereocenters. The molecule has 0 radical (unpaired) electrons. The van der Waals surface area contributed by atoms with E-state index in [1.54, 1.807) is 0 Å². The first-order valence-electron chi connectivity index (χ1n) is 6.01. The number of carbonyl (C=O) groups is 1. The van der Waals surface area contributed by atoms with Crippen LogP contribution in [0.3, 0.4) is 0 Å². The van der Waals surface area contributed by atoms with Crippen LogP contribution in [0.25, 0.3) is 0 Å². The van der Waals surface area contributed by atoms with Gasteiger partial charge < -0.3 is 4.90 Å². The highest BCUT2D eigenvalue weighted by atomic mass is 79.9. The second-order valence-electron chi connectivity index (χ2n) is 5.13. The molecule has 1 aliphatic rings. The molecule has 0 saturated carbocycles. The Hall–Kier alpha value is -0.830. The van der Waals surface area contributed by atoms with E-state index in [2.05, 4.69) is 15.9 Å². The zero-order chi connectivity index (χ0) is 12.5. The first kappa shape index (κ1) is 12.6. The van der Waals surface area contributed by atoms with Crippen LogP contribution in [0.5, 0.6) is 0 Å². The molecule has 92 valence electrons. The fraction of sp³-hybridized carbons (Fsp3) is 0.500. The number of amides is 1. The van der Waals surface area contributed by atoms with Crippen molar-refractivity contribution in [2.45, 2.75) is 30.5 Å². The fourth-order valence-electron chi connectivity index (χ4n) is 2.28. The van der Waals surface area contributed by atoms with Crippen LogP contribution in [0.15, 0.2) is 30.3 Å². The average molecular weight is 296 g/mol. The van der Waals surface area contributed by atoms with Gasteiger partial charge in [0.1, 0.15) is 0 Å². The van der Waals surface area contributed by atoms with Crippen LogP contribution in [0.4, 0.5) is 0 Å². The summed E-state index contributed by atoms with van der Waals surface area (Å²) in [6.45, 7) is 5.71. The average Bonchev–Trinajstić information content (AvgIpc) is 2.76. The van der Waals surface area contributed by atoms with Gasteiger partial charge in [-0.05, 0) is 25.8 Å². The van der Waals surface area contributed by atoms with Crippen molar-refractivity contribution in [2.75, 3.05) is 13.1 Å². The van der Waals surface area contributed by atoms with Gasteiger partial charge in [-0.2, -0.15) is 0 Å². The number of rotatable bonds is 2. The van der Waals surface area contributed by atoms with Gasteiger partial charge >= 0.3 is 0 Å². The summed E-state index contributed by atoms with van der Waals surface area (Å²) < 4.78 is 0. The van der Waals surface area contributed by atoms with Crippen molar-refractivity contribution in [3.05, 3.63) is 35.9 Å². The second-order valence-corrected chi connectivity index (χ2v) is 6.42. The van der Waals surface area contributed by atoms with E-state index in [9.17, 15) is 4.79 Å². The Kier molecular flexibility index (Phi) is 3.57. The lowest BCUT2D eigenvalue weighted by Crippen LogP contribution is -2.42. The molecule has 1 aliphatic heterocycles. The molecule has 0 spiro atoms. The number of halogens is 1. The largest absolute Gasteiger partial charge is 0.341 e. The summed E-state index contributed by atoms with van der Waals surface area (Å²) in [6.07, 6.45) is 1.05. The normalized spacial score (nSPS) is 20.6. The molecule has 1 aromatic carbocycles. The molecule has 3 heteroatoms. The van der Waals surface area contributed by atoms with E-state index in [0.29, 0.717) is 4.83 Å². The van der Waals surface area contributed by atoms with Crippen molar-refractivity contribution >= 4 is 21.8 Å². The Balaban J connectivity index is 2.18. The van der Waals surface area contributed by atoms with Gasteiger partial charge in [0.25, 0.3) is 0 Å². The summed E-state index contributed by atoms with van der Waals surface area (Å²) in [7, 11) is 0. The third-order valence-corrected chi connectivity index (χ3v) is 4.20. The molecular formula is C14H18BrNO. The van der Waals surface area contributed by atoms with E-state index < -0.39 is 5.41 Å². The van der Waals surface area contributed by atoms with Gasteiger partial charge in [-0.15, -0.1) is 0 Å². The van der Waals surface area contributed by atoms with Crippen molar-refractivity contribution in [1.82, 2.24) is 4.90 Å². The van der Waals surface area contributed by atoms with Gasteiger partial charge in [0.15, 0.2) is 0 Å². The van der Waals surface area contributed by atoms with Crippen LogP contribution in [-0.2, 0) is 10.2 Å². The number of hydrogen-bond donors (Lipinski definition) is 0. The van der Waals surface area contributed by atoms with Crippen LogP contribution in [0, 0.1) is 0 Å². The molecule has 1 aromatic rings. The Morgan fingerprint density at radius 3 is 2.53 bits per heavy atom. The first-order chi connectivity index (χ1) is 8.01. The van der Waals surface area contributed by atoms with Crippen LogP contribution in [0.1, 0.15) is 25.8 Å². The molecule has 1 saturated heterocycles. The zero-order valence-electron chi connectivity index (χ0n) is 10.3. The highest BCUT2D eigenvalue weighted by Gasteiger charge is 2.36. The van der Waals surface area contributed by atoms with Gasteiger partial charge in [-0.25, -0.2) is 0 Å². The monoisotopic (exact) mass is 295 g/mol. The van der Waals surface area contributed by atoms with Crippen molar-refractivity contribution in [3.63, 3.8) is 0 Å². The Labute approximate surface area is 111 Å². The predicted octanol–water partition coefficient (Wildman–Crippen LogP) is 2.96. The molecule has 1 fully saturated rings. The third kappa shape index (κ3) is 2.54. The Morgan fingerprint density at radius 1 is 1.35 bits per heavy atom. The van der Waals surface area contributed by atoms with E-state index >= 15 is 0 Å². The third-order valence-electron chi connectivity index (χ3n) is 3.45. The molecule has 1 amide bonds. The fourth-order valence-corrected chi connectivity index (χ4v) is 2.83. The number of likely N-dealkylation sites (tertiary alicyclic amines) is 1. The number of carbonyl (C=O) groups excluding carboxylic acids is 1. The van der Waals surface area contributed by atoms with E-state index in [4.69, 9.17) is 0 Å². The molecule has 0 bridgehead atoms. The van der Waals surface area contributed by atoms with E-state index in [0.717, 1.165) is 25.1 Å². The minimum Gasteiger partial charge on any atom is -0.341 e. The molecule has 17 heavy (non-hydrogen) atoms. The Bertz CT molecular complexity index is 402. The summed E-state index contributed by atoms with van der Waals surface area (Å²) in [4.78, 5) is 14.9. The number of benzene rings is 1. The second kappa shape index (κ2) is 4.81. The minimum absolute atomic E-state index is 0.227. The van der Waals surface area contributed by atoms with Crippen molar-refractivity contribution in [2.24, 2.45) is 0 Å². The Morgan fingerprint density at radius 2 is 2.00 bits per heavy atom. The first-order valence-corrected chi connectivity index (χ1v) is 6.92. The number of hydrogen-bond acceptors (Lipinski definition) is 1. The van der Waals surface area contributed by atoms with Crippen LogP contribution < -0.4 is 0 Å². The summed E-state index contributed by atoms with van der Waals surface area (Å²) in [6, 6.07) is 10.0. The van der Waals surface area contributed by atoms with Gasteiger partial charge in [0.05, 0.1) is 5.41 Å². The van der Waals surface area contributed by atoms with E-state index in [1.807, 2.05) is 49.1 Å². The molecule has 1 heterocycles. The van der Waals surface area contributed by atoms with E-state index in [1.165, 1.54) is 0 Å². The molecule has 0 aromatic heterocycles. The number of alkyl halides is 1. The summed E-state index contributed by atoms with van der Waals surface area (Å²) in [5, 5.41) is 0. The molecule has 0 aliphatic carbocycles. The van der Waals surface area contributed by atoms with Crippen molar-refractivity contribution < 1.29 is 4.79 Å². The molecule has 1 unspecified atom stereocenters. The topological polar surface area (TPSA) is 20.3 Å². The zero-order valence-corrected chi connectivity index (χ0v) is 11.9. The van der Waals surface area contributed by atoms with Crippen molar-refractivity contribution in [3.8, 4) is 0 Å². The maximum Gasteiger partial charge on any atom is 0.232 e. The standard InChI is InChI=1S/C14H18BrNO/c1-14(2,11-6-4-3-5-7-11)13(17)16-9-8-12(15)10-16/h3-7,12H,8-10H2,1-2H3. The van der Waals surface area contributed by atoms with Gasteiger partial charge in [0.2, 0.25) is 5.91 Å². The van der Waals surface area contributed by atoms with E-state index in [-0.39, 0.29) is 5.91 Å². The van der Waals surface area contributed by atoms with Crippen LogP contribution in [-0.4, -0.2) is 28.7 Å². The summed E-state index contributed by atoms with van der Waals surface area (Å²) in [5.41, 5.74) is 0.654. The molecular weight excluding hydrogens is 278 g/mol. The smallest absolute Gasteiger partial charge is 0.232 e. The highest BCUT2D eigenvalue weighted by molar-refractivity contribution is 9.09. The SMILES string of the molecule is CC(C)(C(=O)N1CCC(Br)C1)c1ccccc1. The lowest BCUT2D eigenvalue weighted by atomic mass is 9.83. The van der Waals surface area contributed by atoms with Crippen LogP contribution >= 0.6 is 15.9 Å². The van der Waals surface area contributed by atoms with Gasteiger partial charge in [0, 0.05) is 17.9 Å². The minimum atomic E-state index is -0.432. The number of nitrogens with zero attached hydrogens (tertiary/aromatic N) is 1. The maximum absolute atomic E-state index is 12.5. The lowest BCUT2D eigenvalue weighted by Gasteiger charge is -2.29. The predicted molar refractivity (Wildman–Crippen MR) is 73.4 cm³/mol. The van der Waals surface area contributed by atoms with Gasteiger partial charge in [-0.3, -0.25) is 4.79 Å². The van der Waals surface area contributed by atoms with Gasteiger partial charge in [-0.1, -0.05) is 46.3 Å². The maximum atomic E-state index is 12.5.